The van der Waals surface area contributed by atoms with Crippen LogP contribution in [0.1, 0.15) is 65.4 Å². The third kappa shape index (κ3) is 5.31. The minimum absolute atomic E-state index is 0.102. The van der Waals surface area contributed by atoms with Crippen LogP contribution in [0.3, 0.4) is 0 Å². The summed E-state index contributed by atoms with van der Waals surface area (Å²) < 4.78 is 6.30. The van der Waals surface area contributed by atoms with Crippen molar-refractivity contribution in [1.82, 2.24) is 10.3 Å². The summed E-state index contributed by atoms with van der Waals surface area (Å²) in [4.78, 5) is 4.25. The number of hydrogen-bond donors (Lipinski definition) is 1. The van der Waals surface area contributed by atoms with Gasteiger partial charge in [0.2, 0.25) is 0 Å². The Kier molecular flexibility index (Phi) is 5.63. The molecule has 1 aliphatic carbocycles. The van der Waals surface area contributed by atoms with Gasteiger partial charge in [-0.3, -0.25) is 4.98 Å². The second-order valence-corrected chi connectivity index (χ2v) is 7.27. The molecule has 1 saturated carbocycles. The summed E-state index contributed by atoms with van der Waals surface area (Å²) >= 11 is 0. The van der Waals surface area contributed by atoms with Crippen LogP contribution in [0.5, 0.6) is 5.75 Å². The standard InChI is InChI=1S/C18H30N2O/c1-5-14-7-6-8-16(11-14)21-17-9-10-19-12-15(17)13-20-18(2,3)4/h9-10,12,14,16,20H,5-8,11,13H2,1-4H3. The van der Waals surface area contributed by atoms with E-state index in [1.165, 1.54) is 32.1 Å². The maximum atomic E-state index is 6.30. The number of rotatable bonds is 5. The van der Waals surface area contributed by atoms with Gasteiger partial charge in [0.15, 0.2) is 0 Å². The van der Waals surface area contributed by atoms with E-state index in [9.17, 15) is 0 Å². The Labute approximate surface area is 129 Å². The smallest absolute Gasteiger partial charge is 0.127 e. The first-order valence-electron chi connectivity index (χ1n) is 8.32. The van der Waals surface area contributed by atoms with Gasteiger partial charge in [-0.25, -0.2) is 0 Å². The number of hydrogen-bond acceptors (Lipinski definition) is 3. The molecule has 118 valence electrons. The number of nitrogens with zero attached hydrogens (tertiary/aromatic N) is 1. The van der Waals surface area contributed by atoms with Crippen LogP contribution in [0.2, 0.25) is 0 Å². The Bertz CT molecular complexity index is 439. The summed E-state index contributed by atoms with van der Waals surface area (Å²) in [5.41, 5.74) is 1.26. The average molecular weight is 290 g/mol. The highest BCUT2D eigenvalue weighted by Crippen LogP contribution is 2.30. The summed E-state index contributed by atoms with van der Waals surface area (Å²) in [5, 5.41) is 3.52. The Morgan fingerprint density at radius 2 is 2.14 bits per heavy atom. The lowest BCUT2D eigenvalue weighted by Gasteiger charge is -2.30. The van der Waals surface area contributed by atoms with Gasteiger partial charge in [-0.1, -0.05) is 19.8 Å². The minimum Gasteiger partial charge on any atom is -0.490 e. The zero-order valence-corrected chi connectivity index (χ0v) is 14.0. The van der Waals surface area contributed by atoms with Crippen molar-refractivity contribution in [2.24, 2.45) is 5.92 Å². The molecule has 3 heteroatoms. The maximum absolute atomic E-state index is 6.30. The van der Waals surface area contributed by atoms with Crippen molar-refractivity contribution >= 4 is 0 Å². The van der Waals surface area contributed by atoms with E-state index in [0.717, 1.165) is 23.8 Å². The van der Waals surface area contributed by atoms with Crippen LogP contribution in [-0.4, -0.2) is 16.6 Å². The van der Waals surface area contributed by atoms with Gasteiger partial charge in [0.25, 0.3) is 0 Å². The molecular formula is C18H30N2O. The topological polar surface area (TPSA) is 34.1 Å². The summed E-state index contributed by atoms with van der Waals surface area (Å²) in [5.74, 6) is 1.84. The van der Waals surface area contributed by atoms with Gasteiger partial charge < -0.3 is 10.1 Å². The third-order valence-corrected chi connectivity index (χ3v) is 4.27. The molecule has 0 saturated heterocycles. The summed E-state index contributed by atoms with van der Waals surface area (Å²) in [6.07, 6.45) is 10.4. The Balaban J connectivity index is 1.99. The largest absolute Gasteiger partial charge is 0.490 e. The lowest BCUT2D eigenvalue weighted by atomic mass is 9.85. The highest BCUT2D eigenvalue weighted by Gasteiger charge is 2.23. The molecule has 0 amide bonds. The molecule has 1 aromatic rings. The van der Waals surface area contributed by atoms with Gasteiger partial charge in [-0.15, -0.1) is 0 Å². The van der Waals surface area contributed by atoms with Crippen LogP contribution in [-0.2, 0) is 6.54 Å². The second kappa shape index (κ2) is 7.26. The van der Waals surface area contributed by atoms with Crippen molar-refractivity contribution in [3.8, 4) is 5.75 Å². The van der Waals surface area contributed by atoms with E-state index in [1.807, 2.05) is 18.5 Å². The normalized spacial score (nSPS) is 23.0. The minimum atomic E-state index is 0.102. The number of pyridine rings is 1. The zero-order chi connectivity index (χ0) is 15.3. The number of aromatic nitrogens is 1. The first-order chi connectivity index (χ1) is 9.98. The monoisotopic (exact) mass is 290 g/mol. The van der Waals surface area contributed by atoms with Crippen molar-refractivity contribution in [2.75, 3.05) is 0 Å². The second-order valence-electron chi connectivity index (χ2n) is 7.27. The first-order valence-corrected chi connectivity index (χ1v) is 8.32. The number of nitrogens with one attached hydrogen (secondary N) is 1. The quantitative estimate of drug-likeness (QED) is 0.877. The van der Waals surface area contributed by atoms with Gasteiger partial charge in [-0.05, 0) is 52.0 Å². The molecule has 0 spiro atoms. The Morgan fingerprint density at radius 1 is 1.33 bits per heavy atom. The Morgan fingerprint density at radius 3 is 2.86 bits per heavy atom. The van der Waals surface area contributed by atoms with Crippen LogP contribution in [0.25, 0.3) is 0 Å². The maximum Gasteiger partial charge on any atom is 0.127 e. The summed E-state index contributed by atoms with van der Waals surface area (Å²) in [6.45, 7) is 9.62. The van der Waals surface area contributed by atoms with Crippen LogP contribution >= 0.6 is 0 Å². The van der Waals surface area contributed by atoms with Crippen LogP contribution in [0.15, 0.2) is 18.5 Å². The predicted octanol–water partition coefficient (Wildman–Crippen LogP) is 4.32. The average Bonchev–Trinajstić information content (AvgIpc) is 2.46. The summed E-state index contributed by atoms with van der Waals surface area (Å²) in [7, 11) is 0. The van der Waals surface area contributed by atoms with E-state index in [2.05, 4.69) is 38.0 Å². The van der Waals surface area contributed by atoms with E-state index >= 15 is 0 Å². The highest BCUT2D eigenvalue weighted by molar-refractivity contribution is 5.30. The van der Waals surface area contributed by atoms with Crippen molar-refractivity contribution in [1.29, 1.82) is 0 Å². The van der Waals surface area contributed by atoms with E-state index < -0.39 is 0 Å². The third-order valence-electron chi connectivity index (χ3n) is 4.27. The van der Waals surface area contributed by atoms with Crippen molar-refractivity contribution in [3.05, 3.63) is 24.0 Å². The highest BCUT2D eigenvalue weighted by atomic mass is 16.5. The molecule has 0 radical (unpaired) electrons. The van der Waals surface area contributed by atoms with Gasteiger partial charge in [0.05, 0.1) is 6.10 Å². The molecule has 2 atom stereocenters. The molecule has 1 aliphatic rings. The molecule has 1 heterocycles. The van der Waals surface area contributed by atoms with Crippen molar-refractivity contribution < 1.29 is 4.74 Å². The first kappa shape index (κ1) is 16.3. The van der Waals surface area contributed by atoms with Gasteiger partial charge in [0.1, 0.15) is 5.75 Å². The molecule has 2 unspecified atom stereocenters. The van der Waals surface area contributed by atoms with Gasteiger partial charge in [0, 0.05) is 30.0 Å². The molecule has 2 rings (SSSR count). The predicted molar refractivity (Wildman–Crippen MR) is 87.5 cm³/mol. The van der Waals surface area contributed by atoms with Gasteiger partial charge in [-0.2, -0.15) is 0 Å². The van der Waals surface area contributed by atoms with E-state index in [0.29, 0.717) is 6.10 Å². The SMILES string of the molecule is CCC1CCCC(Oc2ccncc2CNC(C)(C)C)C1. The molecule has 1 N–H and O–H groups in total. The molecule has 0 bridgehead atoms. The molecule has 0 aromatic carbocycles. The number of ether oxygens (including phenoxy) is 1. The van der Waals surface area contributed by atoms with Crippen molar-refractivity contribution in [2.45, 2.75) is 78.0 Å². The van der Waals surface area contributed by atoms with Crippen LogP contribution in [0.4, 0.5) is 0 Å². The van der Waals surface area contributed by atoms with Gasteiger partial charge >= 0.3 is 0 Å². The molecule has 0 aliphatic heterocycles. The lowest BCUT2D eigenvalue weighted by Crippen LogP contribution is -2.35. The summed E-state index contributed by atoms with van der Waals surface area (Å²) in [6, 6.07) is 2.01. The molecule has 3 nitrogen and oxygen atoms in total. The van der Waals surface area contributed by atoms with Crippen LogP contribution in [0, 0.1) is 5.92 Å². The van der Waals surface area contributed by atoms with E-state index in [-0.39, 0.29) is 5.54 Å². The molecule has 1 aromatic heterocycles. The zero-order valence-electron chi connectivity index (χ0n) is 14.0. The lowest BCUT2D eigenvalue weighted by molar-refractivity contribution is 0.120. The van der Waals surface area contributed by atoms with Crippen molar-refractivity contribution in [3.63, 3.8) is 0 Å². The van der Waals surface area contributed by atoms with Crippen LogP contribution < -0.4 is 10.1 Å². The molecule has 21 heavy (non-hydrogen) atoms. The Hall–Kier alpha value is -1.09. The molecular weight excluding hydrogens is 260 g/mol. The molecule has 1 fully saturated rings. The fourth-order valence-electron chi connectivity index (χ4n) is 2.92. The van der Waals surface area contributed by atoms with E-state index in [1.54, 1.807) is 0 Å². The van der Waals surface area contributed by atoms with E-state index in [4.69, 9.17) is 4.74 Å². The fourth-order valence-corrected chi connectivity index (χ4v) is 2.92. The fraction of sp³-hybridized carbons (Fsp3) is 0.722.